The van der Waals surface area contributed by atoms with Gasteiger partial charge in [0.15, 0.2) is 11.9 Å². The molecular formula is C27H29N3O6. The van der Waals surface area contributed by atoms with E-state index in [1.165, 1.54) is 21.0 Å². The highest BCUT2D eigenvalue weighted by atomic mass is 16.5. The molecule has 1 aromatic heterocycles. The number of hydrogen-bond donors (Lipinski definition) is 1. The Kier molecular flexibility index (Phi) is 8.37. The van der Waals surface area contributed by atoms with Crippen molar-refractivity contribution in [3.05, 3.63) is 76.6 Å². The summed E-state index contributed by atoms with van der Waals surface area (Å²) in [6.45, 7) is 6.75. The molecule has 3 aromatic rings. The SMILES string of the molecule is COC(=O)CCc1c(C)nn(-c2ccc(C(=O)OC(C)C(=O)Nc3ccc(C(C)=O)cc3)cc2)c1C. The first-order valence-electron chi connectivity index (χ1n) is 11.5. The molecule has 1 heterocycles. The van der Waals surface area contributed by atoms with Gasteiger partial charge in [-0.2, -0.15) is 5.10 Å². The number of anilines is 1. The van der Waals surface area contributed by atoms with Gasteiger partial charge in [0.05, 0.1) is 24.1 Å². The standard InChI is InChI=1S/C27H29N3O6/c1-16-24(14-15-25(32)35-5)17(2)30(29-16)23-12-8-21(9-13-23)27(34)36-19(4)26(33)28-22-10-6-20(7-11-22)18(3)31/h6-13,19H,14-15H2,1-5H3,(H,28,33). The van der Waals surface area contributed by atoms with Crippen molar-refractivity contribution < 1.29 is 28.7 Å². The van der Waals surface area contributed by atoms with Crippen LogP contribution in [0.5, 0.6) is 0 Å². The number of benzene rings is 2. The van der Waals surface area contributed by atoms with E-state index in [9.17, 15) is 19.2 Å². The van der Waals surface area contributed by atoms with Gasteiger partial charge in [-0.1, -0.05) is 0 Å². The molecule has 9 nitrogen and oxygen atoms in total. The summed E-state index contributed by atoms with van der Waals surface area (Å²) in [6.07, 6.45) is -0.238. The number of Topliss-reactive ketones (excluding diaryl/α,β-unsaturated/α-hetero) is 1. The van der Waals surface area contributed by atoms with Crippen molar-refractivity contribution in [2.75, 3.05) is 12.4 Å². The van der Waals surface area contributed by atoms with Crippen LogP contribution in [0.25, 0.3) is 5.69 Å². The first kappa shape index (κ1) is 26.3. The normalized spacial score (nSPS) is 11.5. The number of carbonyl (C=O) groups excluding carboxylic acids is 4. The van der Waals surface area contributed by atoms with Crippen LogP contribution >= 0.6 is 0 Å². The lowest BCUT2D eigenvalue weighted by Gasteiger charge is -2.14. The number of carbonyl (C=O) groups is 4. The monoisotopic (exact) mass is 491 g/mol. The molecule has 0 radical (unpaired) electrons. The molecule has 3 rings (SSSR count). The van der Waals surface area contributed by atoms with Crippen molar-refractivity contribution >= 4 is 29.3 Å². The summed E-state index contributed by atoms with van der Waals surface area (Å²) in [7, 11) is 1.36. The third kappa shape index (κ3) is 6.24. The van der Waals surface area contributed by atoms with Gasteiger partial charge in [0.2, 0.25) is 0 Å². The molecule has 0 bridgehead atoms. The predicted octanol–water partition coefficient (Wildman–Crippen LogP) is 3.98. The largest absolute Gasteiger partial charge is 0.469 e. The average molecular weight is 492 g/mol. The second-order valence-electron chi connectivity index (χ2n) is 8.35. The smallest absolute Gasteiger partial charge is 0.338 e. The van der Waals surface area contributed by atoms with Crippen LogP contribution in [0.3, 0.4) is 0 Å². The molecule has 0 aliphatic rings. The van der Waals surface area contributed by atoms with Crippen molar-refractivity contribution in [1.82, 2.24) is 9.78 Å². The Morgan fingerprint density at radius 1 is 0.972 bits per heavy atom. The topological polar surface area (TPSA) is 117 Å². The molecule has 188 valence electrons. The average Bonchev–Trinajstić information content (AvgIpc) is 3.15. The van der Waals surface area contributed by atoms with Crippen molar-refractivity contribution in [2.45, 2.75) is 46.6 Å². The Balaban J connectivity index is 1.63. The number of aromatic nitrogens is 2. The molecule has 9 heteroatoms. The molecule has 2 aromatic carbocycles. The zero-order valence-corrected chi connectivity index (χ0v) is 21.0. The molecular weight excluding hydrogens is 462 g/mol. The summed E-state index contributed by atoms with van der Waals surface area (Å²) in [5, 5.41) is 7.22. The van der Waals surface area contributed by atoms with Crippen LogP contribution in [0.2, 0.25) is 0 Å². The Labute approximate surface area is 209 Å². The number of rotatable bonds is 9. The van der Waals surface area contributed by atoms with Gasteiger partial charge in [-0.05, 0) is 88.2 Å². The van der Waals surface area contributed by atoms with Crippen LogP contribution < -0.4 is 5.32 Å². The maximum atomic E-state index is 12.6. The fourth-order valence-electron chi connectivity index (χ4n) is 3.67. The first-order chi connectivity index (χ1) is 17.1. The third-order valence-corrected chi connectivity index (χ3v) is 5.81. The zero-order valence-electron chi connectivity index (χ0n) is 21.0. The van der Waals surface area contributed by atoms with Gasteiger partial charge in [-0.25, -0.2) is 9.48 Å². The van der Waals surface area contributed by atoms with Crippen LogP contribution in [-0.4, -0.2) is 46.6 Å². The summed E-state index contributed by atoms with van der Waals surface area (Å²) in [4.78, 5) is 47.9. The van der Waals surface area contributed by atoms with Crippen molar-refractivity contribution in [2.24, 2.45) is 0 Å². The van der Waals surface area contributed by atoms with E-state index in [1.807, 2.05) is 13.8 Å². The minimum Gasteiger partial charge on any atom is -0.469 e. The lowest BCUT2D eigenvalue weighted by atomic mass is 10.1. The fourth-order valence-corrected chi connectivity index (χ4v) is 3.67. The lowest BCUT2D eigenvalue weighted by Crippen LogP contribution is -2.30. The third-order valence-electron chi connectivity index (χ3n) is 5.81. The molecule has 36 heavy (non-hydrogen) atoms. The van der Waals surface area contributed by atoms with Gasteiger partial charge in [0.1, 0.15) is 0 Å². The Bertz CT molecular complexity index is 1280. The summed E-state index contributed by atoms with van der Waals surface area (Å²) in [6, 6.07) is 13.1. The molecule has 0 spiro atoms. The summed E-state index contributed by atoms with van der Waals surface area (Å²) < 4.78 is 11.8. The summed E-state index contributed by atoms with van der Waals surface area (Å²) >= 11 is 0. The van der Waals surface area contributed by atoms with E-state index in [2.05, 4.69) is 10.4 Å². The Hall–Kier alpha value is -4.27. The molecule has 0 saturated carbocycles. The predicted molar refractivity (Wildman–Crippen MR) is 133 cm³/mol. The fraction of sp³-hybridized carbons (Fsp3) is 0.296. The van der Waals surface area contributed by atoms with E-state index >= 15 is 0 Å². The van der Waals surface area contributed by atoms with Gasteiger partial charge in [-0.3, -0.25) is 14.4 Å². The second kappa shape index (κ2) is 11.4. The second-order valence-corrected chi connectivity index (χ2v) is 8.35. The van der Waals surface area contributed by atoms with Gasteiger partial charge in [0.25, 0.3) is 5.91 Å². The van der Waals surface area contributed by atoms with E-state index < -0.39 is 18.0 Å². The van der Waals surface area contributed by atoms with Crippen molar-refractivity contribution in [1.29, 1.82) is 0 Å². The number of nitrogens with one attached hydrogen (secondary N) is 1. The minimum absolute atomic E-state index is 0.0712. The van der Waals surface area contributed by atoms with Crippen molar-refractivity contribution in [3.8, 4) is 5.69 Å². The zero-order chi connectivity index (χ0) is 26.4. The molecule has 0 fully saturated rings. The molecule has 1 unspecified atom stereocenters. The van der Waals surface area contributed by atoms with E-state index in [0.717, 1.165) is 22.6 Å². The molecule has 1 N–H and O–H groups in total. The molecule has 0 aliphatic heterocycles. The van der Waals surface area contributed by atoms with Gasteiger partial charge >= 0.3 is 11.9 Å². The number of nitrogens with zero attached hydrogens (tertiary/aromatic N) is 2. The first-order valence-corrected chi connectivity index (χ1v) is 11.5. The van der Waals surface area contributed by atoms with Crippen LogP contribution in [0.15, 0.2) is 48.5 Å². The molecule has 1 atom stereocenters. The Morgan fingerprint density at radius 2 is 1.58 bits per heavy atom. The van der Waals surface area contributed by atoms with Crippen LogP contribution in [-0.2, 0) is 25.5 Å². The van der Waals surface area contributed by atoms with E-state index in [-0.39, 0.29) is 23.7 Å². The van der Waals surface area contributed by atoms with E-state index in [4.69, 9.17) is 9.47 Å². The number of aryl methyl sites for hydroxylation is 1. The number of esters is 2. The van der Waals surface area contributed by atoms with E-state index in [0.29, 0.717) is 17.7 Å². The number of ether oxygens (including phenoxy) is 2. The highest BCUT2D eigenvalue weighted by Crippen LogP contribution is 2.20. The number of hydrogen-bond acceptors (Lipinski definition) is 7. The highest BCUT2D eigenvalue weighted by Gasteiger charge is 2.20. The van der Waals surface area contributed by atoms with Gasteiger partial charge < -0.3 is 14.8 Å². The number of methoxy groups -OCH3 is 1. The number of ketones is 1. The van der Waals surface area contributed by atoms with Crippen LogP contribution in [0, 0.1) is 13.8 Å². The molecule has 1 amide bonds. The van der Waals surface area contributed by atoms with E-state index in [1.54, 1.807) is 53.2 Å². The Morgan fingerprint density at radius 3 is 2.17 bits per heavy atom. The molecule has 0 aliphatic carbocycles. The molecule has 0 saturated heterocycles. The highest BCUT2D eigenvalue weighted by molar-refractivity contribution is 5.98. The van der Waals surface area contributed by atoms with Crippen molar-refractivity contribution in [3.63, 3.8) is 0 Å². The minimum atomic E-state index is -1.03. The quantitative estimate of drug-likeness (QED) is 0.355. The van der Waals surface area contributed by atoms with Gasteiger partial charge in [-0.15, -0.1) is 0 Å². The van der Waals surface area contributed by atoms with Gasteiger partial charge in [0, 0.05) is 23.4 Å². The maximum Gasteiger partial charge on any atom is 0.338 e. The maximum absolute atomic E-state index is 12.6. The van der Waals surface area contributed by atoms with Crippen LogP contribution in [0.1, 0.15) is 57.9 Å². The summed E-state index contributed by atoms with van der Waals surface area (Å²) in [5.41, 5.74) is 4.75. The summed E-state index contributed by atoms with van der Waals surface area (Å²) in [5.74, 6) is -1.47. The van der Waals surface area contributed by atoms with Crippen LogP contribution in [0.4, 0.5) is 5.69 Å². The number of amides is 1. The lowest BCUT2D eigenvalue weighted by molar-refractivity contribution is -0.140.